The summed E-state index contributed by atoms with van der Waals surface area (Å²) in [6.45, 7) is 8.14. The number of amides is 1. The minimum Gasteiger partial charge on any atom is -0.352 e. The second-order valence-electron chi connectivity index (χ2n) is 4.35. The molecule has 84 valence electrons. The maximum Gasteiger partial charge on any atom is 0.237 e. The molecule has 0 aliphatic heterocycles. The minimum atomic E-state index is -0.428. The maximum absolute atomic E-state index is 11.2. The van der Waals surface area contributed by atoms with Crippen LogP contribution in [0, 0.1) is 5.92 Å². The Balaban J connectivity index is 3.55. The molecule has 0 aliphatic carbocycles. The molecule has 0 saturated heterocycles. The lowest BCUT2D eigenvalue weighted by atomic mass is 10.0. The normalized spacial score (nSPS) is 15.3. The van der Waals surface area contributed by atoms with Crippen LogP contribution in [-0.2, 0) is 4.79 Å². The standard InChI is InChI=1S/C11H22ClNO/c1-8(2)6-5-7-9(3)13-11(14)10(4)12/h8-10H,5-7H2,1-4H3,(H,13,14). The van der Waals surface area contributed by atoms with Gasteiger partial charge in [0, 0.05) is 6.04 Å². The van der Waals surface area contributed by atoms with Gasteiger partial charge in [0.2, 0.25) is 5.91 Å². The van der Waals surface area contributed by atoms with Gasteiger partial charge in [-0.15, -0.1) is 11.6 Å². The van der Waals surface area contributed by atoms with Gasteiger partial charge in [-0.25, -0.2) is 0 Å². The van der Waals surface area contributed by atoms with Crippen molar-refractivity contribution >= 4 is 17.5 Å². The lowest BCUT2D eigenvalue weighted by Crippen LogP contribution is -2.36. The van der Waals surface area contributed by atoms with Crippen molar-refractivity contribution in [1.82, 2.24) is 5.32 Å². The van der Waals surface area contributed by atoms with Gasteiger partial charge in [0.25, 0.3) is 0 Å². The third kappa shape index (κ3) is 7.19. The second kappa shape index (κ2) is 7.10. The van der Waals surface area contributed by atoms with E-state index in [4.69, 9.17) is 11.6 Å². The summed E-state index contributed by atoms with van der Waals surface area (Å²) in [5, 5.41) is 2.45. The molecule has 0 bridgehead atoms. The van der Waals surface area contributed by atoms with Crippen LogP contribution >= 0.6 is 11.6 Å². The van der Waals surface area contributed by atoms with E-state index >= 15 is 0 Å². The number of rotatable bonds is 6. The number of hydrogen-bond donors (Lipinski definition) is 1. The molecule has 0 aromatic rings. The van der Waals surface area contributed by atoms with E-state index in [1.807, 2.05) is 6.92 Å². The van der Waals surface area contributed by atoms with Crippen molar-refractivity contribution in [3.8, 4) is 0 Å². The molecule has 0 aromatic heterocycles. The first-order chi connectivity index (χ1) is 6.43. The number of carbonyl (C=O) groups is 1. The van der Waals surface area contributed by atoms with Gasteiger partial charge in [-0.3, -0.25) is 4.79 Å². The van der Waals surface area contributed by atoms with Gasteiger partial charge in [-0.05, 0) is 26.2 Å². The van der Waals surface area contributed by atoms with Crippen molar-refractivity contribution in [2.24, 2.45) is 5.92 Å². The Labute approximate surface area is 92.4 Å². The van der Waals surface area contributed by atoms with Crippen LogP contribution in [0.15, 0.2) is 0 Å². The Morgan fingerprint density at radius 3 is 2.21 bits per heavy atom. The molecule has 0 radical (unpaired) electrons. The van der Waals surface area contributed by atoms with Crippen LogP contribution in [0.3, 0.4) is 0 Å². The summed E-state index contributed by atoms with van der Waals surface area (Å²) in [6.07, 6.45) is 3.42. The SMILES string of the molecule is CC(C)CCCC(C)NC(=O)C(C)Cl. The van der Waals surface area contributed by atoms with Crippen molar-refractivity contribution in [2.45, 2.75) is 58.4 Å². The van der Waals surface area contributed by atoms with E-state index in [1.54, 1.807) is 6.92 Å². The number of halogens is 1. The number of alkyl halides is 1. The lowest BCUT2D eigenvalue weighted by Gasteiger charge is -2.15. The van der Waals surface area contributed by atoms with Gasteiger partial charge in [0.05, 0.1) is 0 Å². The highest BCUT2D eigenvalue weighted by atomic mass is 35.5. The number of nitrogens with one attached hydrogen (secondary N) is 1. The van der Waals surface area contributed by atoms with E-state index in [-0.39, 0.29) is 11.9 Å². The van der Waals surface area contributed by atoms with Crippen LogP contribution < -0.4 is 5.32 Å². The highest BCUT2D eigenvalue weighted by Gasteiger charge is 2.11. The molecule has 0 saturated carbocycles. The van der Waals surface area contributed by atoms with Gasteiger partial charge in [0.15, 0.2) is 0 Å². The molecule has 0 aliphatic rings. The number of carbonyl (C=O) groups excluding carboxylic acids is 1. The Morgan fingerprint density at radius 1 is 1.21 bits per heavy atom. The van der Waals surface area contributed by atoms with Crippen LogP contribution in [0.4, 0.5) is 0 Å². The van der Waals surface area contributed by atoms with Crippen molar-refractivity contribution in [3.05, 3.63) is 0 Å². The first kappa shape index (κ1) is 13.8. The van der Waals surface area contributed by atoms with Gasteiger partial charge in [-0.2, -0.15) is 0 Å². The second-order valence-corrected chi connectivity index (χ2v) is 5.01. The van der Waals surface area contributed by atoms with E-state index < -0.39 is 5.38 Å². The van der Waals surface area contributed by atoms with Crippen LogP contribution in [0.1, 0.15) is 47.0 Å². The highest BCUT2D eigenvalue weighted by molar-refractivity contribution is 6.30. The number of hydrogen-bond acceptors (Lipinski definition) is 1. The predicted molar refractivity (Wildman–Crippen MR) is 61.6 cm³/mol. The molecule has 0 rings (SSSR count). The van der Waals surface area contributed by atoms with Gasteiger partial charge >= 0.3 is 0 Å². The first-order valence-electron chi connectivity index (χ1n) is 5.38. The maximum atomic E-state index is 11.2. The molecule has 1 amide bonds. The fourth-order valence-corrected chi connectivity index (χ4v) is 1.33. The van der Waals surface area contributed by atoms with E-state index in [0.29, 0.717) is 0 Å². The van der Waals surface area contributed by atoms with Crippen LogP contribution in [0.5, 0.6) is 0 Å². The van der Waals surface area contributed by atoms with Crippen molar-refractivity contribution < 1.29 is 4.79 Å². The van der Waals surface area contributed by atoms with E-state index in [0.717, 1.165) is 18.8 Å². The summed E-state index contributed by atoms with van der Waals surface area (Å²) in [4.78, 5) is 11.2. The molecule has 2 nitrogen and oxygen atoms in total. The molecule has 1 N–H and O–H groups in total. The van der Waals surface area contributed by atoms with Crippen molar-refractivity contribution in [3.63, 3.8) is 0 Å². The smallest absolute Gasteiger partial charge is 0.237 e. The van der Waals surface area contributed by atoms with Gasteiger partial charge < -0.3 is 5.32 Å². The molecular formula is C11H22ClNO. The summed E-state index contributed by atoms with van der Waals surface area (Å²) >= 11 is 5.64. The molecule has 0 aromatic carbocycles. The summed E-state index contributed by atoms with van der Waals surface area (Å²) in [5.74, 6) is 0.675. The molecule has 14 heavy (non-hydrogen) atoms. The quantitative estimate of drug-likeness (QED) is 0.684. The Morgan fingerprint density at radius 2 is 1.79 bits per heavy atom. The zero-order chi connectivity index (χ0) is 11.1. The van der Waals surface area contributed by atoms with E-state index in [9.17, 15) is 4.79 Å². The average Bonchev–Trinajstić information content (AvgIpc) is 2.02. The zero-order valence-electron chi connectivity index (χ0n) is 9.64. The topological polar surface area (TPSA) is 29.1 Å². The van der Waals surface area contributed by atoms with Crippen LogP contribution in [-0.4, -0.2) is 17.3 Å². The van der Waals surface area contributed by atoms with E-state index in [1.165, 1.54) is 6.42 Å². The fourth-order valence-electron chi connectivity index (χ4n) is 1.26. The van der Waals surface area contributed by atoms with Gasteiger partial charge in [-0.1, -0.05) is 26.7 Å². The molecule has 2 atom stereocenters. The summed E-state index contributed by atoms with van der Waals surface area (Å²) in [7, 11) is 0. The summed E-state index contributed by atoms with van der Waals surface area (Å²) in [5.41, 5.74) is 0. The lowest BCUT2D eigenvalue weighted by molar-refractivity contribution is -0.121. The van der Waals surface area contributed by atoms with E-state index in [2.05, 4.69) is 19.2 Å². The highest BCUT2D eigenvalue weighted by Crippen LogP contribution is 2.08. The molecule has 0 fully saturated rings. The minimum absolute atomic E-state index is 0.0660. The zero-order valence-corrected chi connectivity index (χ0v) is 10.4. The fraction of sp³-hybridized carbons (Fsp3) is 0.909. The molecule has 0 heterocycles. The third-order valence-electron chi connectivity index (χ3n) is 2.17. The Kier molecular flexibility index (Phi) is 6.98. The third-order valence-corrected chi connectivity index (χ3v) is 2.37. The van der Waals surface area contributed by atoms with Gasteiger partial charge in [0.1, 0.15) is 5.38 Å². The van der Waals surface area contributed by atoms with Crippen molar-refractivity contribution in [2.75, 3.05) is 0 Å². The average molecular weight is 220 g/mol. The molecular weight excluding hydrogens is 198 g/mol. The molecule has 3 heteroatoms. The van der Waals surface area contributed by atoms with Crippen LogP contribution in [0.2, 0.25) is 0 Å². The summed E-state index contributed by atoms with van der Waals surface area (Å²) in [6, 6.07) is 0.238. The summed E-state index contributed by atoms with van der Waals surface area (Å²) < 4.78 is 0. The largest absolute Gasteiger partial charge is 0.352 e. The molecule has 2 unspecified atom stereocenters. The first-order valence-corrected chi connectivity index (χ1v) is 5.81. The van der Waals surface area contributed by atoms with Crippen LogP contribution in [0.25, 0.3) is 0 Å². The Hall–Kier alpha value is -0.240. The monoisotopic (exact) mass is 219 g/mol. The predicted octanol–water partition coefficient (Wildman–Crippen LogP) is 2.94. The Bertz CT molecular complexity index is 169. The van der Waals surface area contributed by atoms with Crippen molar-refractivity contribution in [1.29, 1.82) is 0 Å². The molecule has 0 spiro atoms.